The van der Waals surface area contributed by atoms with Gasteiger partial charge in [0, 0.05) is 0 Å². The normalized spacial score (nSPS) is 9.92. The first kappa shape index (κ1) is 23.0. The van der Waals surface area contributed by atoms with E-state index in [1.165, 1.54) is 56.1 Å². The number of hydrogen-bond acceptors (Lipinski definition) is 0. The Morgan fingerprint density at radius 2 is 1.38 bits per heavy atom. The van der Waals surface area contributed by atoms with Gasteiger partial charge in [-0.2, -0.15) is 33.9 Å². The van der Waals surface area contributed by atoms with Gasteiger partial charge in [-0.3, -0.25) is 0 Å². The fourth-order valence-corrected chi connectivity index (χ4v) is 3.67. The van der Waals surface area contributed by atoms with Gasteiger partial charge in [0.1, 0.15) is 0 Å². The molecule has 3 aromatic rings. The van der Waals surface area contributed by atoms with Crippen molar-refractivity contribution in [2.24, 2.45) is 0 Å². The second kappa shape index (κ2) is 10.3. The first-order valence-electron chi connectivity index (χ1n) is 9.00. The van der Waals surface area contributed by atoms with Crippen molar-refractivity contribution in [3.63, 3.8) is 0 Å². The summed E-state index contributed by atoms with van der Waals surface area (Å²) in [6, 6.07) is 8.98. The number of hydrogen-bond donors (Lipinski definition) is 0. The van der Waals surface area contributed by atoms with Gasteiger partial charge < -0.3 is 0 Å². The van der Waals surface area contributed by atoms with E-state index < -0.39 is 24.5 Å². The molecule has 26 heavy (non-hydrogen) atoms. The van der Waals surface area contributed by atoms with E-state index in [0.717, 1.165) is 0 Å². The Balaban J connectivity index is 0.000000227. The van der Waals surface area contributed by atoms with Gasteiger partial charge in [0.15, 0.2) is 0 Å². The van der Waals surface area contributed by atoms with E-state index in [1.807, 2.05) is 0 Å². The first-order valence-corrected chi connectivity index (χ1v) is 10.9. The predicted molar refractivity (Wildman–Crippen MR) is 106 cm³/mol. The van der Waals surface area contributed by atoms with E-state index in [0.29, 0.717) is 0 Å². The molecular formula is C23H30F2Zr. The van der Waals surface area contributed by atoms with Crippen LogP contribution in [0, 0.1) is 48.5 Å². The maximum atomic E-state index is 9.80. The Morgan fingerprint density at radius 1 is 0.885 bits per heavy atom. The fourth-order valence-electron chi connectivity index (χ4n) is 3.67. The number of rotatable bonds is 1. The van der Waals surface area contributed by atoms with E-state index >= 15 is 0 Å². The standard InChI is InChI=1S/C12H13.C11H17.2FH.Zr/c1-8-4-10(3)12-7-9(2)6-11(12)5-8;1-6-11-9(4)7(2)8(3)10(11)5;;;/h4-7H,1-3H3;6H2,1-5H3;2*1H;/q2*-1;;;+4/p-2. The second-order valence-corrected chi connectivity index (χ2v) is 7.37. The Hall–Kier alpha value is -1.08. The van der Waals surface area contributed by atoms with E-state index in [2.05, 4.69) is 79.7 Å². The van der Waals surface area contributed by atoms with Crippen LogP contribution in [0.4, 0.5) is 5.25 Å². The zero-order valence-corrected chi connectivity index (χ0v) is 19.7. The van der Waals surface area contributed by atoms with Gasteiger partial charge in [-0.25, -0.2) is 0 Å². The van der Waals surface area contributed by atoms with Crippen molar-refractivity contribution < 1.29 is 29.7 Å². The van der Waals surface area contributed by atoms with E-state index in [9.17, 15) is 5.25 Å². The van der Waals surface area contributed by atoms with Crippen LogP contribution in [-0.4, -0.2) is 0 Å². The van der Waals surface area contributed by atoms with Crippen molar-refractivity contribution in [3.05, 3.63) is 68.8 Å². The minimum atomic E-state index is -2.77. The Bertz CT molecular complexity index is 828. The summed E-state index contributed by atoms with van der Waals surface area (Å²) in [6.45, 7) is 17.6. The van der Waals surface area contributed by atoms with Crippen molar-refractivity contribution >= 4 is 10.8 Å². The van der Waals surface area contributed by atoms with Crippen molar-refractivity contribution in [2.75, 3.05) is 0 Å². The molecule has 140 valence electrons. The summed E-state index contributed by atoms with van der Waals surface area (Å²) >= 11 is -2.77. The summed E-state index contributed by atoms with van der Waals surface area (Å²) in [7, 11) is 0. The van der Waals surface area contributed by atoms with Gasteiger partial charge in [0.2, 0.25) is 0 Å². The zero-order valence-electron chi connectivity index (χ0n) is 17.3. The van der Waals surface area contributed by atoms with Crippen molar-refractivity contribution in [1.29, 1.82) is 0 Å². The average Bonchev–Trinajstić information content (AvgIpc) is 3.03. The van der Waals surface area contributed by atoms with E-state index in [1.54, 1.807) is 5.56 Å². The molecule has 3 rings (SSSR count). The summed E-state index contributed by atoms with van der Waals surface area (Å²) in [4.78, 5) is 0. The molecule has 0 aromatic heterocycles. The SMILES string of the molecule is CC[c-]1c(C)c(C)c(C)c1C.Cc1cc(C)c2cc(C)[cH-]c2c1.[F][Zr+2][F]. The molecule has 0 N–H and O–H groups in total. The van der Waals surface area contributed by atoms with Crippen LogP contribution in [0.1, 0.15) is 51.4 Å². The summed E-state index contributed by atoms with van der Waals surface area (Å²) in [5.41, 5.74) is 11.6. The fraction of sp³-hybridized carbons (Fsp3) is 0.391. The molecule has 0 bridgehead atoms. The molecule has 0 aliphatic heterocycles. The molecule has 0 atom stereocenters. The van der Waals surface area contributed by atoms with E-state index in [4.69, 9.17) is 0 Å². The molecule has 0 nitrogen and oxygen atoms in total. The summed E-state index contributed by atoms with van der Waals surface area (Å²) in [5, 5.41) is 2.78. The molecule has 0 saturated heterocycles. The first-order chi connectivity index (χ1) is 12.2. The van der Waals surface area contributed by atoms with Gasteiger partial charge in [-0.05, 0) is 13.8 Å². The van der Waals surface area contributed by atoms with Crippen molar-refractivity contribution in [3.8, 4) is 0 Å². The molecule has 0 aliphatic carbocycles. The number of aryl methyl sites for hydroxylation is 3. The molecule has 0 spiro atoms. The maximum absolute atomic E-state index is 9.80. The Labute approximate surface area is 170 Å². The Morgan fingerprint density at radius 3 is 1.81 bits per heavy atom. The molecule has 0 radical (unpaired) electrons. The minimum absolute atomic E-state index is 1.17. The van der Waals surface area contributed by atoms with Crippen LogP contribution in [0.2, 0.25) is 0 Å². The van der Waals surface area contributed by atoms with Gasteiger partial charge in [-0.1, -0.05) is 65.2 Å². The van der Waals surface area contributed by atoms with Gasteiger partial charge in [-0.15, -0.1) is 28.5 Å². The van der Waals surface area contributed by atoms with Crippen LogP contribution < -0.4 is 0 Å². The van der Waals surface area contributed by atoms with Crippen molar-refractivity contribution in [1.82, 2.24) is 0 Å². The summed E-state index contributed by atoms with van der Waals surface area (Å²) in [6.07, 6.45) is 1.17. The Kier molecular flexibility index (Phi) is 9.10. The third-order valence-corrected chi connectivity index (χ3v) is 5.26. The number of fused-ring (bicyclic) bond motifs is 1. The molecular weight excluding hydrogens is 405 g/mol. The topological polar surface area (TPSA) is 0 Å². The third-order valence-electron chi connectivity index (χ3n) is 5.26. The summed E-state index contributed by atoms with van der Waals surface area (Å²) in [5.74, 6) is 0. The molecule has 3 aromatic carbocycles. The molecule has 0 unspecified atom stereocenters. The third kappa shape index (κ3) is 5.46. The van der Waals surface area contributed by atoms with Crippen LogP contribution in [0.3, 0.4) is 0 Å². The van der Waals surface area contributed by atoms with Crippen LogP contribution in [0.5, 0.6) is 0 Å². The van der Waals surface area contributed by atoms with E-state index in [-0.39, 0.29) is 0 Å². The second-order valence-electron chi connectivity index (χ2n) is 7.02. The number of halogens is 2. The van der Waals surface area contributed by atoms with Crippen LogP contribution in [-0.2, 0) is 30.9 Å². The van der Waals surface area contributed by atoms with Crippen molar-refractivity contribution in [2.45, 2.75) is 61.8 Å². The number of benzene rings is 1. The quantitative estimate of drug-likeness (QED) is 0.347. The molecule has 0 aliphatic rings. The molecule has 0 heterocycles. The molecule has 3 heteroatoms. The van der Waals surface area contributed by atoms with Gasteiger partial charge in [0.05, 0.1) is 0 Å². The van der Waals surface area contributed by atoms with Crippen LogP contribution in [0.25, 0.3) is 10.8 Å². The monoisotopic (exact) mass is 434 g/mol. The van der Waals surface area contributed by atoms with Gasteiger partial charge in [0.25, 0.3) is 0 Å². The molecule has 0 saturated carbocycles. The van der Waals surface area contributed by atoms with Crippen LogP contribution in [0.15, 0.2) is 24.3 Å². The molecule has 0 fully saturated rings. The summed E-state index contributed by atoms with van der Waals surface area (Å²) < 4.78 is 19.6. The predicted octanol–water partition coefficient (Wildman–Crippen LogP) is 7.52. The van der Waals surface area contributed by atoms with Gasteiger partial charge >= 0.3 is 29.7 Å². The molecule has 0 amide bonds. The zero-order chi connectivity index (χ0) is 20.0. The van der Waals surface area contributed by atoms with Crippen LogP contribution >= 0.6 is 0 Å². The average molecular weight is 436 g/mol.